The Balaban J connectivity index is 1.93. The predicted molar refractivity (Wildman–Crippen MR) is 61.1 cm³/mol. The molecule has 1 aromatic carbocycles. The van der Waals surface area contributed by atoms with Gasteiger partial charge in [-0.15, -0.1) is 0 Å². The van der Waals surface area contributed by atoms with E-state index in [1.165, 1.54) is 12.3 Å². The number of hydrogen-bond donors (Lipinski definition) is 1. The SMILES string of the molecule is O=C(NCCc1ccc(F)c(F)c1F)c1ccco1. The zero-order chi connectivity index (χ0) is 13.8. The molecule has 0 aliphatic rings. The third-order valence-electron chi connectivity index (χ3n) is 2.54. The maximum absolute atomic E-state index is 13.3. The van der Waals surface area contributed by atoms with Crippen LogP contribution < -0.4 is 5.32 Å². The van der Waals surface area contributed by atoms with Crippen LogP contribution in [-0.2, 0) is 6.42 Å². The Hall–Kier alpha value is -2.24. The van der Waals surface area contributed by atoms with Crippen LogP contribution in [0.15, 0.2) is 34.9 Å². The summed E-state index contributed by atoms with van der Waals surface area (Å²) in [6.07, 6.45) is 1.40. The molecule has 0 saturated carbocycles. The predicted octanol–water partition coefficient (Wildman–Crippen LogP) is 2.67. The highest BCUT2D eigenvalue weighted by Gasteiger charge is 2.13. The number of nitrogens with one attached hydrogen (secondary N) is 1. The van der Waals surface area contributed by atoms with Crippen molar-refractivity contribution >= 4 is 5.91 Å². The largest absolute Gasteiger partial charge is 0.459 e. The molecule has 0 fully saturated rings. The molecule has 0 atom stereocenters. The molecule has 1 aromatic heterocycles. The zero-order valence-corrected chi connectivity index (χ0v) is 9.75. The number of amides is 1. The van der Waals surface area contributed by atoms with Gasteiger partial charge in [-0.2, -0.15) is 0 Å². The Kier molecular flexibility index (Phi) is 3.89. The Morgan fingerprint density at radius 2 is 1.95 bits per heavy atom. The second kappa shape index (κ2) is 5.60. The lowest BCUT2D eigenvalue weighted by atomic mass is 10.1. The van der Waals surface area contributed by atoms with E-state index in [-0.39, 0.29) is 24.3 Å². The summed E-state index contributed by atoms with van der Waals surface area (Å²) < 4.78 is 43.8. The number of furan rings is 1. The van der Waals surface area contributed by atoms with Gasteiger partial charge in [0, 0.05) is 6.54 Å². The lowest BCUT2D eigenvalue weighted by Crippen LogP contribution is -2.25. The maximum Gasteiger partial charge on any atom is 0.286 e. The van der Waals surface area contributed by atoms with Crippen molar-refractivity contribution in [1.29, 1.82) is 0 Å². The van der Waals surface area contributed by atoms with Crippen molar-refractivity contribution in [3.8, 4) is 0 Å². The quantitative estimate of drug-likeness (QED) is 0.867. The van der Waals surface area contributed by atoms with Crippen molar-refractivity contribution < 1.29 is 22.4 Å². The van der Waals surface area contributed by atoms with Crippen molar-refractivity contribution in [3.05, 3.63) is 59.3 Å². The Morgan fingerprint density at radius 3 is 2.63 bits per heavy atom. The topological polar surface area (TPSA) is 42.2 Å². The average Bonchev–Trinajstić information content (AvgIpc) is 2.92. The van der Waals surface area contributed by atoms with Gasteiger partial charge < -0.3 is 9.73 Å². The molecule has 2 rings (SSSR count). The van der Waals surface area contributed by atoms with Gasteiger partial charge in [-0.3, -0.25) is 4.79 Å². The summed E-state index contributed by atoms with van der Waals surface area (Å²) in [5.41, 5.74) is -0.00125. The van der Waals surface area contributed by atoms with Crippen LogP contribution in [0.1, 0.15) is 16.1 Å². The summed E-state index contributed by atoms with van der Waals surface area (Å²) in [6, 6.07) is 5.03. The van der Waals surface area contributed by atoms with E-state index < -0.39 is 23.4 Å². The first-order chi connectivity index (χ1) is 9.09. The normalized spacial score (nSPS) is 10.5. The molecule has 1 heterocycles. The molecule has 6 heteroatoms. The fourth-order valence-electron chi connectivity index (χ4n) is 1.56. The fraction of sp³-hybridized carbons (Fsp3) is 0.154. The smallest absolute Gasteiger partial charge is 0.286 e. The van der Waals surface area contributed by atoms with E-state index in [0.29, 0.717) is 0 Å². The molecule has 2 aromatic rings. The van der Waals surface area contributed by atoms with Crippen LogP contribution in [-0.4, -0.2) is 12.5 Å². The fourth-order valence-corrected chi connectivity index (χ4v) is 1.56. The van der Waals surface area contributed by atoms with Crippen LogP contribution in [0.2, 0.25) is 0 Å². The van der Waals surface area contributed by atoms with E-state index in [9.17, 15) is 18.0 Å². The summed E-state index contributed by atoms with van der Waals surface area (Å²) in [6.45, 7) is 0.0848. The molecule has 0 bridgehead atoms. The van der Waals surface area contributed by atoms with E-state index in [1.54, 1.807) is 6.07 Å². The molecule has 0 unspecified atom stereocenters. The first kappa shape index (κ1) is 13.2. The van der Waals surface area contributed by atoms with E-state index in [0.717, 1.165) is 12.1 Å². The molecule has 3 nitrogen and oxygen atoms in total. The van der Waals surface area contributed by atoms with Crippen molar-refractivity contribution in [1.82, 2.24) is 5.32 Å². The van der Waals surface area contributed by atoms with Crippen LogP contribution in [0.25, 0.3) is 0 Å². The number of carbonyl (C=O) groups excluding carboxylic acids is 1. The van der Waals surface area contributed by atoms with E-state index in [1.807, 2.05) is 0 Å². The van der Waals surface area contributed by atoms with Crippen molar-refractivity contribution in [2.75, 3.05) is 6.54 Å². The van der Waals surface area contributed by atoms with Gasteiger partial charge >= 0.3 is 0 Å². The number of halogens is 3. The molecular weight excluding hydrogens is 259 g/mol. The third kappa shape index (κ3) is 2.96. The van der Waals surface area contributed by atoms with Crippen LogP contribution in [0.5, 0.6) is 0 Å². The van der Waals surface area contributed by atoms with Gasteiger partial charge in [0.1, 0.15) is 0 Å². The summed E-state index contributed by atoms with van der Waals surface area (Å²) in [5, 5.41) is 2.48. The summed E-state index contributed by atoms with van der Waals surface area (Å²) in [7, 11) is 0. The first-order valence-electron chi connectivity index (χ1n) is 5.53. The molecule has 0 aliphatic carbocycles. The molecule has 0 radical (unpaired) electrons. The van der Waals surface area contributed by atoms with Gasteiger partial charge in [0.15, 0.2) is 23.2 Å². The van der Waals surface area contributed by atoms with Crippen LogP contribution in [0, 0.1) is 17.5 Å². The third-order valence-corrected chi connectivity index (χ3v) is 2.54. The van der Waals surface area contributed by atoms with E-state index in [4.69, 9.17) is 4.42 Å². The van der Waals surface area contributed by atoms with Gasteiger partial charge in [0.05, 0.1) is 6.26 Å². The van der Waals surface area contributed by atoms with Gasteiger partial charge in [-0.1, -0.05) is 6.07 Å². The highest BCUT2D eigenvalue weighted by Crippen LogP contribution is 2.15. The summed E-state index contributed by atoms with van der Waals surface area (Å²) >= 11 is 0. The van der Waals surface area contributed by atoms with Crippen LogP contribution in [0.4, 0.5) is 13.2 Å². The Labute approximate surface area is 107 Å². The van der Waals surface area contributed by atoms with Crippen LogP contribution >= 0.6 is 0 Å². The molecule has 100 valence electrons. The van der Waals surface area contributed by atoms with Gasteiger partial charge in [0.2, 0.25) is 0 Å². The molecule has 19 heavy (non-hydrogen) atoms. The minimum atomic E-state index is -1.50. The Bertz CT molecular complexity index is 582. The molecule has 0 aliphatic heterocycles. The highest BCUT2D eigenvalue weighted by molar-refractivity contribution is 5.91. The summed E-state index contributed by atoms with van der Waals surface area (Å²) in [5.74, 6) is -4.29. The summed E-state index contributed by atoms with van der Waals surface area (Å²) in [4.78, 5) is 11.5. The van der Waals surface area contributed by atoms with Crippen molar-refractivity contribution in [2.24, 2.45) is 0 Å². The average molecular weight is 269 g/mol. The lowest BCUT2D eigenvalue weighted by molar-refractivity contribution is 0.0926. The second-order valence-electron chi connectivity index (χ2n) is 3.82. The standard InChI is InChI=1S/C13H10F3NO2/c14-9-4-3-8(11(15)12(9)16)5-6-17-13(18)10-2-1-7-19-10/h1-4,7H,5-6H2,(H,17,18). The van der Waals surface area contributed by atoms with E-state index >= 15 is 0 Å². The second-order valence-corrected chi connectivity index (χ2v) is 3.82. The maximum atomic E-state index is 13.3. The van der Waals surface area contributed by atoms with E-state index in [2.05, 4.69) is 5.32 Å². The number of rotatable bonds is 4. The van der Waals surface area contributed by atoms with Crippen molar-refractivity contribution in [3.63, 3.8) is 0 Å². The lowest BCUT2D eigenvalue weighted by Gasteiger charge is -2.05. The minimum Gasteiger partial charge on any atom is -0.459 e. The molecule has 1 amide bonds. The highest BCUT2D eigenvalue weighted by atomic mass is 19.2. The Morgan fingerprint density at radius 1 is 1.16 bits per heavy atom. The van der Waals surface area contributed by atoms with Crippen molar-refractivity contribution in [2.45, 2.75) is 6.42 Å². The zero-order valence-electron chi connectivity index (χ0n) is 9.75. The number of carbonyl (C=O) groups is 1. The van der Waals surface area contributed by atoms with Gasteiger partial charge in [-0.05, 0) is 30.2 Å². The molecule has 1 N–H and O–H groups in total. The molecular formula is C13H10F3NO2. The van der Waals surface area contributed by atoms with Gasteiger partial charge in [-0.25, -0.2) is 13.2 Å². The monoisotopic (exact) mass is 269 g/mol. The number of hydrogen-bond acceptors (Lipinski definition) is 2. The molecule has 0 saturated heterocycles. The number of benzene rings is 1. The first-order valence-corrected chi connectivity index (χ1v) is 5.53. The van der Waals surface area contributed by atoms with Crippen LogP contribution in [0.3, 0.4) is 0 Å². The van der Waals surface area contributed by atoms with Gasteiger partial charge in [0.25, 0.3) is 5.91 Å². The molecule has 0 spiro atoms. The minimum absolute atomic E-state index is 0.00125.